The van der Waals surface area contributed by atoms with Crippen LogP contribution in [-0.2, 0) is 15.5 Å². The smallest absolute Gasteiger partial charge is 0.282 e. The molecule has 0 aromatic heterocycles. The van der Waals surface area contributed by atoms with Crippen LogP contribution in [0.15, 0.2) is 35.2 Å². The van der Waals surface area contributed by atoms with E-state index in [1.165, 1.54) is 29.1 Å². The van der Waals surface area contributed by atoms with E-state index in [9.17, 15) is 13.0 Å². The topological polar surface area (TPSA) is 57.4 Å². The summed E-state index contributed by atoms with van der Waals surface area (Å²) in [6.45, 7) is 9.54. The van der Waals surface area contributed by atoms with Gasteiger partial charge in [-0.2, -0.15) is 13.0 Å². The highest BCUT2D eigenvalue weighted by Crippen LogP contribution is 2.43. The molecule has 3 rings (SSSR count). The van der Waals surface area contributed by atoms with Gasteiger partial charge in [0.25, 0.3) is 10.1 Å². The summed E-state index contributed by atoms with van der Waals surface area (Å²) in [6, 6.07) is 8.75. The quantitative estimate of drug-likeness (QED) is 0.681. The molecule has 0 atom stereocenters. The molecule has 0 radical (unpaired) electrons. The first-order valence-corrected chi connectivity index (χ1v) is 8.78. The van der Waals surface area contributed by atoms with Gasteiger partial charge in [-0.25, -0.2) is 0 Å². The third-order valence-corrected chi connectivity index (χ3v) is 5.66. The van der Waals surface area contributed by atoms with Crippen LogP contribution in [0.3, 0.4) is 0 Å². The maximum absolute atomic E-state index is 11.3. The van der Waals surface area contributed by atoms with Gasteiger partial charge < -0.3 is 0 Å². The van der Waals surface area contributed by atoms with E-state index in [0.717, 1.165) is 17.3 Å². The molecule has 0 saturated carbocycles. The first-order valence-electron chi connectivity index (χ1n) is 7.34. The molecule has 2 aromatic rings. The third-order valence-electron chi connectivity index (χ3n) is 4.81. The number of rotatable bonds is 2. The lowest BCUT2D eigenvalue weighted by Crippen LogP contribution is -2.26. The average molecular weight is 318 g/mol. The highest BCUT2D eigenvalue weighted by molar-refractivity contribution is 7.85. The Bertz CT molecular complexity index is 924. The largest absolute Gasteiger partial charge is 0.294 e. The standard InChI is InChI=1S/C17H19NO3S/c1-5-18-11(2)17(3,4)16-14-8-7-13(22(19,20)21)10-12(14)6-9-15(16)18/h6-10H,5H2,1-4H3/p+1. The van der Waals surface area contributed by atoms with Gasteiger partial charge in [0.15, 0.2) is 5.71 Å². The Kier molecular flexibility index (Phi) is 3.20. The van der Waals surface area contributed by atoms with E-state index in [1.807, 2.05) is 12.1 Å². The van der Waals surface area contributed by atoms with Crippen molar-refractivity contribution in [3.63, 3.8) is 0 Å². The average Bonchev–Trinajstić information content (AvgIpc) is 2.64. The molecule has 1 N–H and O–H groups in total. The number of nitrogens with zero attached hydrogens (tertiary/aromatic N) is 1. The Morgan fingerprint density at radius 1 is 1.18 bits per heavy atom. The minimum Gasteiger partial charge on any atom is -0.282 e. The minimum absolute atomic E-state index is 0.0659. The number of benzene rings is 2. The molecule has 1 aliphatic heterocycles. The summed E-state index contributed by atoms with van der Waals surface area (Å²) in [5.74, 6) is 0. The van der Waals surface area contributed by atoms with Gasteiger partial charge in [0.05, 0.1) is 10.3 Å². The Hall–Kier alpha value is -1.72. The van der Waals surface area contributed by atoms with Crippen LogP contribution in [0.4, 0.5) is 5.69 Å². The number of hydrogen-bond acceptors (Lipinski definition) is 2. The molecule has 5 heteroatoms. The molecule has 0 bridgehead atoms. The van der Waals surface area contributed by atoms with Crippen molar-refractivity contribution in [2.45, 2.75) is 38.0 Å². The summed E-state index contributed by atoms with van der Waals surface area (Å²) >= 11 is 0. The fourth-order valence-electron chi connectivity index (χ4n) is 3.45. The summed E-state index contributed by atoms with van der Waals surface area (Å²) in [4.78, 5) is -0.0659. The molecule has 0 unspecified atom stereocenters. The molecular formula is C17H20NO3S+. The molecule has 0 amide bonds. The predicted octanol–water partition coefficient (Wildman–Crippen LogP) is 3.50. The van der Waals surface area contributed by atoms with Gasteiger partial charge in [-0.3, -0.25) is 4.55 Å². The molecule has 0 aliphatic carbocycles. The molecule has 0 spiro atoms. The molecular weight excluding hydrogens is 298 g/mol. The van der Waals surface area contributed by atoms with E-state index in [1.54, 1.807) is 6.07 Å². The van der Waals surface area contributed by atoms with Crippen molar-refractivity contribution in [2.24, 2.45) is 0 Å². The van der Waals surface area contributed by atoms with Crippen molar-refractivity contribution >= 4 is 32.3 Å². The highest BCUT2D eigenvalue weighted by atomic mass is 32.2. The maximum atomic E-state index is 11.3. The van der Waals surface area contributed by atoms with E-state index in [4.69, 9.17) is 0 Å². The van der Waals surface area contributed by atoms with E-state index in [0.29, 0.717) is 0 Å². The second-order valence-corrected chi connectivity index (χ2v) is 7.69. The van der Waals surface area contributed by atoms with Gasteiger partial charge >= 0.3 is 0 Å². The summed E-state index contributed by atoms with van der Waals surface area (Å²) in [7, 11) is -4.18. The van der Waals surface area contributed by atoms with Gasteiger partial charge in [-0.1, -0.05) is 6.07 Å². The normalized spacial score (nSPS) is 17.1. The van der Waals surface area contributed by atoms with Crippen molar-refractivity contribution in [2.75, 3.05) is 6.54 Å². The SMILES string of the molecule is CC[N+]1=C(C)C(C)(C)c2c1ccc1cc(S(=O)(=O)O)ccc21. The van der Waals surface area contributed by atoms with Crippen molar-refractivity contribution < 1.29 is 17.5 Å². The van der Waals surface area contributed by atoms with Crippen LogP contribution in [0.25, 0.3) is 10.8 Å². The van der Waals surface area contributed by atoms with Gasteiger partial charge in [0, 0.05) is 18.6 Å². The van der Waals surface area contributed by atoms with Crippen LogP contribution in [0.2, 0.25) is 0 Å². The highest BCUT2D eigenvalue weighted by Gasteiger charge is 2.43. The third kappa shape index (κ3) is 2.00. The van der Waals surface area contributed by atoms with Crippen LogP contribution in [0, 0.1) is 0 Å². The van der Waals surface area contributed by atoms with Crippen LogP contribution < -0.4 is 0 Å². The predicted molar refractivity (Wildman–Crippen MR) is 87.9 cm³/mol. The number of hydrogen-bond donors (Lipinski definition) is 1. The van der Waals surface area contributed by atoms with Crippen molar-refractivity contribution in [3.8, 4) is 0 Å². The van der Waals surface area contributed by atoms with Crippen LogP contribution in [0.5, 0.6) is 0 Å². The van der Waals surface area contributed by atoms with Crippen molar-refractivity contribution in [1.29, 1.82) is 0 Å². The second-order valence-electron chi connectivity index (χ2n) is 6.27. The van der Waals surface area contributed by atoms with Crippen LogP contribution in [-0.4, -0.2) is 29.8 Å². The Morgan fingerprint density at radius 2 is 1.86 bits per heavy atom. The van der Waals surface area contributed by atoms with E-state index in [2.05, 4.69) is 32.3 Å². The summed E-state index contributed by atoms with van der Waals surface area (Å²) in [5.41, 5.74) is 3.57. The summed E-state index contributed by atoms with van der Waals surface area (Å²) in [6.07, 6.45) is 0. The molecule has 0 saturated heterocycles. The second kappa shape index (κ2) is 4.64. The van der Waals surface area contributed by atoms with Gasteiger partial charge in [-0.15, -0.1) is 0 Å². The van der Waals surface area contributed by atoms with Crippen LogP contribution >= 0.6 is 0 Å². The van der Waals surface area contributed by atoms with Gasteiger partial charge in [0.2, 0.25) is 5.69 Å². The minimum atomic E-state index is -4.18. The molecule has 2 aromatic carbocycles. The lowest BCUT2D eigenvalue weighted by molar-refractivity contribution is -0.434. The molecule has 1 heterocycles. The first-order chi connectivity index (χ1) is 10.2. The Balaban J connectivity index is 2.36. The Morgan fingerprint density at radius 3 is 2.45 bits per heavy atom. The zero-order valence-electron chi connectivity index (χ0n) is 13.2. The number of fused-ring (bicyclic) bond motifs is 3. The maximum Gasteiger partial charge on any atom is 0.294 e. The molecule has 1 aliphatic rings. The van der Waals surface area contributed by atoms with E-state index >= 15 is 0 Å². The monoisotopic (exact) mass is 318 g/mol. The fourth-order valence-corrected chi connectivity index (χ4v) is 3.96. The molecule has 4 nitrogen and oxygen atoms in total. The van der Waals surface area contributed by atoms with Gasteiger partial charge in [0.1, 0.15) is 6.54 Å². The molecule has 116 valence electrons. The van der Waals surface area contributed by atoms with Crippen molar-refractivity contribution in [3.05, 3.63) is 35.9 Å². The Labute approximate surface area is 130 Å². The molecule has 0 fully saturated rings. The first kappa shape index (κ1) is 15.2. The fraction of sp³-hybridized carbons (Fsp3) is 0.353. The lowest BCUT2D eigenvalue weighted by atomic mass is 9.80. The van der Waals surface area contributed by atoms with E-state index < -0.39 is 10.1 Å². The van der Waals surface area contributed by atoms with E-state index in [-0.39, 0.29) is 10.3 Å². The zero-order chi connectivity index (χ0) is 16.3. The molecule has 22 heavy (non-hydrogen) atoms. The van der Waals surface area contributed by atoms with Gasteiger partial charge in [-0.05, 0) is 49.7 Å². The van der Waals surface area contributed by atoms with Crippen LogP contribution in [0.1, 0.15) is 33.3 Å². The van der Waals surface area contributed by atoms with Crippen molar-refractivity contribution in [1.82, 2.24) is 0 Å². The lowest BCUT2D eigenvalue weighted by Gasteiger charge is -2.17. The summed E-state index contributed by atoms with van der Waals surface area (Å²) < 4.78 is 34.2. The zero-order valence-corrected chi connectivity index (χ0v) is 14.0. The summed E-state index contributed by atoms with van der Waals surface area (Å²) in [5, 5.41) is 1.86.